The van der Waals surface area contributed by atoms with E-state index in [4.69, 9.17) is 4.74 Å². The Balaban J connectivity index is 1.89. The molecule has 1 aromatic rings. The summed E-state index contributed by atoms with van der Waals surface area (Å²) in [7, 11) is 0. The van der Waals surface area contributed by atoms with Crippen LogP contribution >= 0.6 is 15.9 Å². The molecule has 120 valence electrons. The minimum Gasteiger partial charge on any atom is -0.449 e. The van der Waals surface area contributed by atoms with Crippen LogP contribution < -0.4 is 4.90 Å². The molecule has 2 rings (SSSR count). The van der Waals surface area contributed by atoms with Crippen LogP contribution in [-0.2, 0) is 4.74 Å². The molecule has 0 aliphatic carbocycles. The van der Waals surface area contributed by atoms with Crippen LogP contribution in [0.1, 0.15) is 30.1 Å². The maximum atomic E-state index is 11.9. The molecule has 0 atom stereocenters. The van der Waals surface area contributed by atoms with Gasteiger partial charge in [0, 0.05) is 41.9 Å². The fourth-order valence-corrected chi connectivity index (χ4v) is 2.70. The van der Waals surface area contributed by atoms with Gasteiger partial charge in [-0.2, -0.15) is 0 Å². The van der Waals surface area contributed by atoms with Gasteiger partial charge in [0.2, 0.25) is 0 Å². The number of piperazine rings is 1. The number of amides is 1. The number of benzene rings is 1. The first-order chi connectivity index (χ1) is 10.7. The third kappa shape index (κ3) is 4.22. The fourth-order valence-electron chi connectivity index (χ4n) is 2.36. The number of aldehydes is 1. The highest BCUT2D eigenvalue weighted by molar-refractivity contribution is 9.10. The normalized spacial score (nSPS) is 14.8. The zero-order valence-corrected chi connectivity index (χ0v) is 14.3. The van der Waals surface area contributed by atoms with E-state index in [9.17, 15) is 9.59 Å². The van der Waals surface area contributed by atoms with Gasteiger partial charge < -0.3 is 14.5 Å². The summed E-state index contributed by atoms with van der Waals surface area (Å²) in [5.74, 6) is 0. The summed E-state index contributed by atoms with van der Waals surface area (Å²) < 4.78 is 6.03. The second-order valence-electron chi connectivity index (χ2n) is 5.27. The summed E-state index contributed by atoms with van der Waals surface area (Å²) >= 11 is 3.35. The summed E-state index contributed by atoms with van der Waals surface area (Å²) in [6, 6.07) is 5.73. The van der Waals surface area contributed by atoms with Gasteiger partial charge in [-0.25, -0.2) is 4.79 Å². The third-order valence-electron chi connectivity index (χ3n) is 3.73. The number of nitrogens with zero attached hydrogens (tertiary/aromatic N) is 2. The number of anilines is 1. The highest BCUT2D eigenvalue weighted by Crippen LogP contribution is 2.23. The van der Waals surface area contributed by atoms with E-state index in [1.54, 1.807) is 4.90 Å². The highest BCUT2D eigenvalue weighted by atomic mass is 79.9. The fraction of sp³-hybridized carbons (Fsp3) is 0.500. The Bertz CT molecular complexity index is 528. The van der Waals surface area contributed by atoms with Gasteiger partial charge in [0.05, 0.1) is 6.61 Å². The van der Waals surface area contributed by atoms with E-state index in [2.05, 4.69) is 27.8 Å². The van der Waals surface area contributed by atoms with Crippen molar-refractivity contribution in [3.63, 3.8) is 0 Å². The van der Waals surface area contributed by atoms with Crippen LogP contribution in [0.3, 0.4) is 0 Å². The SMILES string of the molecule is CCCCOC(=O)N1CCN(c2ccc(Br)c(C=O)c2)CC1. The Morgan fingerprint density at radius 2 is 2.05 bits per heavy atom. The lowest BCUT2D eigenvalue weighted by Gasteiger charge is -2.35. The first-order valence-electron chi connectivity index (χ1n) is 7.57. The molecule has 1 aliphatic rings. The molecule has 0 N–H and O–H groups in total. The van der Waals surface area contributed by atoms with Gasteiger partial charge in [-0.3, -0.25) is 4.79 Å². The summed E-state index contributed by atoms with van der Waals surface area (Å²) in [6.45, 7) is 5.31. The smallest absolute Gasteiger partial charge is 0.409 e. The Hall–Kier alpha value is -1.56. The lowest BCUT2D eigenvalue weighted by Crippen LogP contribution is -2.49. The van der Waals surface area contributed by atoms with Crippen LogP contribution in [0.4, 0.5) is 10.5 Å². The minimum absolute atomic E-state index is 0.225. The van der Waals surface area contributed by atoms with Crippen LogP contribution in [0.2, 0.25) is 0 Å². The number of hydrogen-bond acceptors (Lipinski definition) is 4. The Kier molecular flexibility index (Phi) is 6.24. The molecular weight excluding hydrogens is 348 g/mol. The van der Waals surface area contributed by atoms with Crippen LogP contribution in [0.15, 0.2) is 22.7 Å². The zero-order chi connectivity index (χ0) is 15.9. The zero-order valence-electron chi connectivity index (χ0n) is 12.8. The average Bonchev–Trinajstić information content (AvgIpc) is 2.55. The second kappa shape index (κ2) is 8.17. The number of halogens is 1. The summed E-state index contributed by atoms with van der Waals surface area (Å²) in [4.78, 5) is 26.8. The Morgan fingerprint density at radius 3 is 2.68 bits per heavy atom. The van der Waals surface area contributed by atoms with Crippen LogP contribution in [0.5, 0.6) is 0 Å². The Labute approximate surface area is 139 Å². The molecule has 6 heteroatoms. The second-order valence-corrected chi connectivity index (χ2v) is 6.12. The van der Waals surface area contributed by atoms with Gasteiger partial charge in [-0.1, -0.05) is 29.3 Å². The molecule has 0 aromatic heterocycles. The predicted octanol–water partition coefficient (Wildman–Crippen LogP) is 3.32. The van der Waals surface area contributed by atoms with Crippen molar-refractivity contribution in [3.8, 4) is 0 Å². The molecular formula is C16H21BrN2O3. The van der Waals surface area contributed by atoms with Gasteiger partial charge in [-0.15, -0.1) is 0 Å². The van der Waals surface area contributed by atoms with Gasteiger partial charge in [0.1, 0.15) is 0 Å². The van der Waals surface area contributed by atoms with Crippen molar-refractivity contribution in [1.82, 2.24) is 4.90 Å². The van der Waals surface area contributed by atoms with Gasteiger partial charge in [0.25, 0.3) is 0 Å². The van der Waals surface area contributed by atoms with Crippen molar-refractivity contribution in [2.24, 2.45) is 0 Å². The lowest BCUT2D eigenvalue weighted by atomic mass is 10.2. The van der Waals surface area contributed by atoms with Crippen molar-refractivity contribution >= 4 is 34.0 Å². The Morgan fingerprint density at radius 1 is 1.32 bits per heavy atom. The van der Waals surface area contributed by atoms with Crippen molar-refractivity contribution < 1.29 is 14.3 Å². The molecule has 1 aromatic carbocycles. The highest BCUT2D eigenvalue weighted by Gasteiger charge is 2.22. The summed E-state index contributed by atoms with van der Waals surface area (Å²) in [5, 5.41) is 0. The average molecular weight is 369 g/mol. The van der Waals surface area contributed by atoms with Crippen molar-refractivity contribution in [2.75, 3.05) is 37.7 Å². The first-order valence-corrected chi connectivity index (χ1v) is 8.36. The molecule has 1 amide bonds. The van der Waals surface area contributed by atoms with Crippen LogP contribution in [-0.4, -0.2) is 50.1 Å². The standard InChI is InChI=1S/C16H21BrN2O3/c1-2-3-10-22-16(21)19-8-6-18(7-9-19)14-4-5-15(17)13(11-14)12-20/h4-5,11-12H,2-3,6-10H2,1H3. The molecule has 1 heterocycles. The minimum atomic E-state index is -0.225. The first kappa shape index (κ1) is 16.8. The predicted molar refractivity (Wildman–Crippen MR) is 89.6 cm³/mol. The summed E-state index contributed by atoms with van der Waals surface area (Å²) in [5.41, 5.74) is 1.64. The number of hydrogen-bond donors (Lipinski definition) is 0. The van der Waals surface area contributed by atoms with E-state index < -0.39 is 0 Å². The van der Waals surface area contributed by atoms with E-state index in [-0.39, 0.29) is 6.09 Å². The monoisotopic (exact) mass is 368 g/mol. The summed E-state index contributed by atoms with van der Waals surface area (Å²) in [6.07, 6.45) is 2.54. The molecule has 0 saturated carbocycles. The van der Waals surface area contributed by atoms with Gasteiger partial charge in [-0.05, 0) is 24.6 Å². The molecule has 1 aliphatic heterocycles. The number of carbonyl (C=O) groups excluding carboxylic acids is 2. The van der Waals surface area contributed by atoms with E-state index in [0.717, 1.165) is 42.4 Å². The third-order valence-corrected chi connectivity index (χ3v) is 4.46. The maximum Gasteiger partial charge on any atom is 0.409 e. The van der Waals surface area contributed by atoms with E-state index >= 15 is 0 Å². The molecule has 0 spiro atoms. The van der Waals surface area contributed by atoms with Crippen molar-refractivity contribution in [2.45, 2.75) is 19.8 Å². The molecule has 0 unspecified atom stereocenters. The number of unbranched alkanes of at least 4 members (excludes halogenated alkanes) is 1. The van der Waals surface area contributed by atoms with Crippen molar-refractivity contribution in [1.29, 1.82) is 0 Å². The molecule has 0 bridgehead atoms. The van der Waals surface area contributed by atoms with Gasteiger partial charge >= 0.3 is 6.09 Å². The molecule has 0 radical (unpaired) electrons. The molecule has 1 saturated heterocycles. The van der Waals surface area contributed by atoms with Crippen LogP contribution in [0, 0.1) is 0 Å². The number of carbonyl (C=O) groups is 2. The molecule has 5 nitrogen and oxygen atoms in total. The van der Waals surface area contributed by atoms with Crippen LogP contribution in [0.25, 0.3) is 0 Å². The quantitative estimate of drug-likeness (QED) is 0.590. The topological polar surface area (TPSA) is 49.9 Å². The lowest BCUT2D eigenvalue weighted by molar-refractivity contribution is 0.0989. The largest absolute Gasteiger partial charge is 0.449 e. The molecule has 1 fully saturated rings. The number of rotatable bonds is 5. The van der Waals surface area contributed by atoms with E-state index in [1.165, 1.54) is 0 Å². The molecule has 22 heavy (non-hydrogen) atoms. The van der Waals surface area contributed by atoms with E-state index in [0.29, 0.717) is 25.3 Å². The van der Waals surface area contributed by atoms with E-state index in [1.807, 2.05) is 18.2 Å². The maximum absolute atomic E-state index is 11.9. The number of ether oxygens (including phenoxy) is 1. The van der Waals surface area contributed by atoms with Crippen molar-refractivity contribution in [3.05, 3.63) is 28.2 Å². The van der Waals surface area contributed by atoms with Gasteiger partial charge in [0.15, 0.2) is 6.29 Å².